The van der Waals surface area contributed by atoms with Gasteiger partial charge in [-0.15, -0.1) is 0 Å². The summed E-state index contributed by atoms with van der Waals surface area (Å²) in [6, 6.07) is 10.6. The molecule has 0 atom stereocenters. The average molecular weight is 200 g/mol. The van der Waals surface area contributed by atoms with Crippen molar-refractivity contribution in [1.29, 1.82) is 0 Å². The number of fused-ring (bicyclic) bond motifs is 1. The number of carbonyl (C=O) groups excluding carboxylic acids is 1. The molecule has 1 amide bonds. The van der Waals surface area contributed by atoms with Gasteiger partial charge < -0.3 is 5.32 Å². The van der Waals surface area contributed by atoms with Crippen molar-refractivity contribution in [1.82, 2.24) is 5.32 Å². The summed E-state index contributed by atoms with van der Waals surface area (Å²) in [7, 11) is 1.51. The first-order valence-electron chi connectivity index (χ1n) is 4.65. The van der Waals surface area contributed by atoms with Crippen LogP contribution in [0.2, 0.25) is 0 Å². The number of hydrogen-bond acceptors (Lipinski definition) is 1. The summed E-state index contributed by atoms with van der Waals surface area (Å²) >= 11 is 0. The monoisotopic (exact) mass is 200 g/mol. The normalized spacial score (nSPS) is 10.2. The largest absolute Gasteiger partial charge is 0.355 e. The lowest BCUT2D eigenvalue weighted by molar-refractivity contribution is 0.0959. The van der Waals surface area contributed by atoms with Gasteiger partial charge in [0.2, 0.25) is 0 Å². The van der Waals surface area contributed by atoms with E-state index in [-0.39, 0.29) is 17.2 Å². The Kier molecular flexibility index (Phi) is 2.29. The van der Waals surface area contributed by atoms with Crippen molar-refractivity contribution in [3.8, 4) is 5.75 Å². The van der Waals surface area contributed by atoms with Gasteiger partial charge >= 0.3 is 0 Å². The lowest BCUT2D eigenvalue weighted by Gasteiger charge is -2.04. The Labute approximate surface area is 87.3 Å². The zero-order valence-electron chi connectivity index (χ0n) is 8.28. The predicted octanol–water partition coefficient (Wildman–Crippen LogP) is 2.34. The fourth-order valence-electron chi connectivity index (χ4n) is 1.56. The molecule has 3 heteroatoms. The molecular weight excluding hydrogens is 190 g/mol. The van der Waals surface area contributed by atoms with E-state index in [9.17, 15) is 9.90 Å². The molecule has 15 heavy (non-hydrogen) atoms. The lowest BCUT2D eigenvalue weighted by Crippen LogP contribution is -2.17. The summed E-state index contributed by atoms with van der Waals surface area (Å²) in [4.78, 5) is 11.4. The molecule has 0 bridgehead atoms. The second-order valence-corrected chi connectivity index (χ2v) is 3.24. The second-order valence-electron chi connectivity index (χ2n) is 3.24. The maximum Gasteiger partial charge on any atom is 0.255 e. The van der Waals surface area contributed by atoms with E-state index >= 15 is 0 Å². The average Bonchev–Trinajstić information content (AvgIpc) is 2.29. The molecule has 0 aliphatic carbocycles. The fraction of sp³-hybridized carbons (Fsp3) is 0.0833. The van der Waals surface area contributed by atoms with Crippen molar-refractivity contribution in [3.05, 3.63) is 42.0 Å². The summed E-state index contributed by atoms with van der Waals surface area (Å²) in [5.41, 5.74) is 0.191. The van der Waals surface area contributed by atoms with Gasteiger partial charge in [-0.2, -0.15) is 0 Å². The second kappa shape index (κ2) is 3.61. The minimum Gasteiger partial charge on any atom is -0.355 e. The topological polar surface area (TPSA) is 49.0 Å². The van der Waals surface area contributed by atoms with Crippen LogP contribution < -0.4 is 5.32 Å². The minimum atomic E-state index is -0.342. The first-order chi connectivity index (χ1) is 7.24. The van der Waals surface area contributed by atoms with E-state index in [1.807, 2.05) is 12.1 Å². The first kappa shape index (κ1) is 9.52. The molecule has 0 saturated heterocycles. The van der Waals surface area contributed by atoms with Gasteiger partial charge in [-0.3, -0.25) is 9.90 Å². The molecule has 0 fully saturated rings. The number of amides is 1. The van der Waals surface area contributed by atoms with Crippen LogP contribution in [-0.4, -0.2) is 13.0 Å². The van der Waals surface area contributed by atoms with E-state index in [1.54, 1.807) is 24.3 Å². The van der Waals surface area contributed by atoms with Gasteiger partial charge in [0.15, 0.2) is 5.75 Å². The van der Waals surface area contributed by atoms with Crippen LogP contribution in [0.15, 0.2) is 36.4 Å². The molecule has 3 nitrogen and oxygen atoms in total. The van der Waals surface area contributed by atoms with Gasteiger partial charge in [-0.1, -0.05) is 30.3 Å². The van der Waals surface area contributed by atoms with Crippen LogP contribution in [0.3, 0.4) is 0 Å². The lowest BCUT2D eigenvalue weighted by atomic mass is 10.1. The number of hydrogen-bond donors (Lipinski definition) is 1. The molecule has 1 radical (unpaired) electrons. The number of nitrogens with one attached hydrogen (secondary N) is 1. The molecule has 2 aromatic carbocycles. The van der Waals surface area contributed by atoms with Crippen LogP contribution in [0.4, 0.5) is 0 Å². The molecule has 0 unspecified atom stereocenters. The van der Waals surface area contributed by atoms with Crippen molar-refractivity contribution in [3.63, 3.8) is 0 Å². The molecule has 0 spiro atoms. The fourth-order valence-corrected chi connectivity index (χ4v) is 1.56. The molecule has 0 aromatic heterocycles. The van der Waals surface area contributed by atoms with Crippen molar-refractivity contribution in [2.45, 2.75) is 0 Å². The van der Waals surface area contributed by atoms with Gasteiger partial charge in [0.05, 0.1) is 5.56 Å². The summed E-state index contributed by atoms with van der Waals surface area (Å²) in [5, 5.41) is 15.8. The highest BCUT2D eigenvalue weighted by molar-refractivity contribution is 6.03. The van der Waals surface area contributed by atoms with E-state index in [4.69, 9.17) is 0 Å². The quantitative estimate of drug-likeness (QED) is 0.754. The Bertz CT molecular complexity index is 520. The number of rotatable bonds is 1. The molecule has 0 heterocycles. The molecular formula is C12H10NO2. The Morgan fingerprint density at radius 1 is 1.13 bits per heavy atom. The highest BCUT2D eigenvalue weighted by atomic mass is 16.3. The standard InChI is InChI=1S/C12H10NO2/c1-13-12(15)10-7-6-8-4-2-3-5-9(8)11(10)14/h2-7H,1H3,(H,13,15). The molecule has 0 aliphatic heterocycles. The Morgan fingerprint density at radius 2 is 1.87 bits per heavy atom. The third-order valence-corrected chi connectivity index (χ3v) is 2.35. The molecule has 75 valence electrons. The van der Waals surface area contributed by atoms with E-state index in [0.717, 1.165) is 5.39 Å². The highest BCUT2D eigenvalue weighted by Gasteiger charge is 2.13. The molecule has 0 aliphatic rings. The van der Waals surface area contributed by atoms with Gasteiger partial charge in [0, 0.05) is 12.4 Å². The van der Waals surface area contributed by atoms with Crippen LogP contribution in [-0.2, 0) is 5.11 Å². The van der Waals surface area contributed by atoms with Crippen molar-refractivity contribution < 1.29 is 9.90 Å². The zero-order chi connectivity index (χ0) is 10.8. The molecule has 2 rings (SSSR count). The van der Waals surface area contributed by atoms with Gasteiger partial charge in [0.25, 0.3) is 5.91 Å². The van der Waals surface area contributed by atoms with Crippen LogP contribution >= 0.6 is 0 Å². The van der Waals surface area contributed by atoms with Crippen molar-refractivity contribution in [2.75, 3.05) is 7.05 Å². The third-order valence-electron chi connectivity index (χ3n) is 2.35. The van der Waals surface area contributed by atoms with Gasteiger partial charge in [0.1, 0.15) is 0 Å². The van der Waals surface area contributed by atoms with Crippen LogP contribution in [0.5, 0.6) is 5.75 Å². The summed E-state index contributed by atoms with van der Waals surface area (Å²) in [6.45, 7) is 0. The van der Waals surface area contributed by atoms with Crippen molar-refractivity contribution >= 4 is 16.7 Å². The molecule has 2 aromatic rings. The summed E-state index contributed by atoms with van der Waals surface area (Å²) in [5.74, 6) is -0.557. The van der Waals surface area contributed by atoms with Crippen molar-refractivity contribution in [2.24, 2.45) is 0 Å². The Balaban J connectivity index is 2.70. The van der Waals surface area contributed by atoms with Gasteiger partial charge in [-0.25, -0.2) is 0 Å². The predicted molar refractivity (Wildman–Crippen MR) is 57.5 cm³/mol. The number of carbonyl (C=O) groups is 1. The van der Waals surface area contributed by atoms with E-state index in [1.165, 1.54) is 7.05 Å². The molecule has 0 saturated carbocycles. The summed E-state index contributed by atoms with van der Waals surface area (Å²) in [6.07, 6.45) is 0. The van der Waals surface area contributed by atoms with E-state index in [0.29, 0.717) is 5.39 Å². The highest BCUT2D eigenvalue weighted by Crippen LogP contribution is 2.28. The maximum absolute atomic E-state index is 11.9. The molecule has 1 N–H and O–H groups in total. The van der Waals surface area contributed by atoms with Crippen LogP contribution in [0, 0.1) is 0 Å². The first-order valence-corrected chi connectivity index (χ1v) is 4.65. The van der Waals surface area contributed by atoms with Crippen LogP contribution in [0.25, 0.3) is 10.8 Å². The maximum atomic E-state index is 11.9. The number of benzene rings is 2. The Hall–Kier alpha value is -2.03. The van der Waals surface area contributed by atoms with E-state index in [2.05, 4.69) is 5.32 Å². The zero-order valence-corrected chi connectivity index (χ0v) is 8.28. The Morgan fingerprint density at radius 3 is 2.60 bits per heavy atom. The van der Waals surface area contributed by atoms with Gasteiger partial charge in [-0.05, 0) is 11.5 Å². The van der Waals surface area contributed by atoms with E-state index < -0.39 is 0 Å². The van der Waals surface area contributed by atoms with Crippen LogP contribution in [0.1, 0.15) is 10.4 Å². The SMILES string of the molecule is CNC(=O)c1ccc2ccccc2c1[O]. The smallest absolute Gasteiger partial charge is 0.255 e. The minimum absolute atomic E-state index is 0.191. The summed E-state index contributed by atoms with van der Waals surface area (Å²) < 4.78 is 0. The third kappa shape index (κ3) is 1.52.